The molecule has 8 nitrogen and oxygen atoms in total. The summed E-state index contributed by atoms with van der Waals surface area (Å²) < 4.78 is 10.9. The summed E-state index contributed by atoms with van der Waals surface area (Å²) >= 11 is 0. The lowest BCUT2D eigenvalue weighted by molar-refractivity contribution is -0.134. The maximum atomic E-state index is 13.0. The number of hydrogen-bond acceptors (Lipinski definition) is 5. The fraction of sp³-hybridized carbons (Fsp3) is 0.609. The normalized spacial score (nSPS) is 22.3. The van der Waals surface area contributed by atoms with Gasteiger partial charge in [-0.15, -0.1) is 0 Å². The highest BCUT2D eigenvalue weighted by Crippen LogP contribution is 2.39. The predicted molar refractivity (Wildman–Crippen MR) is 114 cm³/mol. The Hall–Kier alpha value is -2.77. The lowest BCUT2D eigenvalue weighted by Crippen LogP contribution is -2.44. The van der Waals surface area contributed by atoms with Crippen molar-refractivity contribution in [3.8, 4) is 11.5 Å². The molecule has 0 unspecified atom stereocenters. The minimum atomic E-state index is -0.690. The maximum absolute atomic E-state index is 13.0. The number of rotatable bonds is 7. The molecule has 0 bridgehead atoms. The molecule has 4 rings (SSSR count). The lowest BCUT2D eigenvalue weighted by atomic mass is 9.98. The van der Waals surface area contributed by atoms with Crippen LogP contribution in [0.5, 0.6) is 11.5 Å². The number of carbonyl (C=O) groups excluding carboxylic acids is 3. The van der Waals surface area contributed by atoms with Crippen molar-refractivity contribution in [1.82, 2.24) is 15.1 Å². The zero-order valence-electron chi connectivity index (χ0n) is 18.3. The molecule has 1 saturated carbocycles. The summed E-state index contributed by atoms with van der Waals surface area (Å²) in [5, 5.41) is 2.89. The highest BCUT2D eigenvalue weighted by Gasteiger charge is 2.52. The van der Waals surface area contributed by atoms with Crippen LogP contribution in [0.4, 0.5) is 4.79 Å². The van der Waals surface area contributed by atoms with Crippen LogP contribution in [-0.2, 0) is 9.59 Å². The summed E-state index contributed by atoms with van der Waals surface area (Å²) in [4.78, 5) is 41.3. The number of benzene rings is 1. The van der Waals surface area contributed by atoms with Crippen LogP contribution < -0.4 is 14.8 Å². The maximum Gasteiger partial charge on any atom is 0.325 e. The van der Waals surface area contributed by atoms with E-state index in [1.165, 1.54) is 4.90 Å². The molecule has 1 aliphatic carbocycles. The van der Waals surface area contributed by atoms with Crippen molar-refractivity contribution in [2.45, 2.75) is 62.9 Å². The standard InChI is InChI=1S/C23H31N3O5/c1-30-16-9-10-19(31-2)17(15-16)18-7-5-13-25(18)20(27)8-6-14-26-21(28)23(24-22(26)29)11-3-4-12-23/h9-10,15,18H,3-8,11-14H2,1-2H3,(H,24,29)/t18-/m0/s1. The summed E-state index contributed by atoms with van der Waals surface area (Å²) in [6, 6.07) is 5.27. The molecule has 168 valence electrons. The Balaban J connectivity index is 1.38. The second-order valence-electron chi connectivity index (χ2n) is 8.63. The van der Waals surface area contributed by atoms with Gasteiger partial charge < -0.3 is 19.7 Å². The van der Waals surface area contributed by atoms with Gasteiger partial charge >= 0.3 is 6.03 Å². The number of nitrogens with zero attached hydrogens (tertiary/aromatic N) is 2. The third-order valence-electron chi connectivity index (χ3n) is 6.84. The number of hydrogen-bond donors (Lipinski definition) is 1. The Labute approximate surface area is 182 Å². The summed E-state index contributed by atoms with van der Waals surface area (Å²) in [5.41, 5.74) is 0.259. The van der Waals surface area contributed by atoms with Gasteiger partial charge in [0, 0.05) is 25.1 Å². The molecule has 4 amide bonds. The minimum Gasteiger partial charge on any atom is -0.497 e. The van der Waals surface area contributed by atoms with Crippen molar-refractivity contribution in [3.63, 3.8) is 0 Å². The largest absolute Gasteiger partial charge is 0.497 e. The highest BCUT2D eigenvalue weighted by atomic mass is 16.5. The van der Waals surface area contributed by atoms with E-state index in [9.17, 15) is 14.4 Å². The molecule has 2 saturated heterocycles. The van der Waals surface area contributed by atoms with Crippen LogP contribution in [0.3, 0.4) is 0 Å². The van der Waals surface area contributed by atoms with Crippen molar-refractivity contribution < 1.29 is 23.9 Å². The Kier molecular flexibility index (Phi) is 6.07. The number of ether oxygens (including phenoxy) is 2. The first kappa shape index (κ1) is 21.5. The molecule has 1 aromatic rings. The van der Waals surface area contributed by atoms with Crippen molar-refractivity contribution in [2.75, 3.05) is 27.3 Å². The van der Waals surface area contributed by atoms with Crippen molar-refractivity contribution in [2.24, 2.45) is 0 Å². The first-order chi connectivity index (χ1) is 15.0. The minimum absolute atomic E-state index is 0.0370. The monoisotopic (exact) mass is 429 g/mol. The molecule has 0 radical (unpaired) electrons. The molecule has 8 heteroatoms. The van der Waals surface area contributed by atoms with E-state index in [1.807, 2.05) is 23.1 Å². The van der Waals surface area contributed by atoms with E-state index in [0.717, 1.165) is 42.7 Å². The average molecular weight is 430 g/mol. The van der Waals surface area contributed by atoms with Gasteiger partial charge in [-0.1, -0.05) is 12.8 Å². The Morgan fingerprint density at radius 1 is 1.16 bits per heavy atom. The molecule has 1 atom stereocenters. The molecule has 2 aliphatic heterocycles. The van der Waals surface area contributed by atoms with Crippen molar-refractivity contribution in [3.05, 3.63) is 23.8 Å². The topological polar surface area (TPSA) is 88.2 Å². The molecule has 3 fully saturated rings. The number of nitrogens with one attached hydrogen (secondary N) is 1. The molecular weight excluding hydrogens is 398 g/mol. The number of likely N-dealkylation sites (tertiary alicyclic amines) is 1. The molecule has 1 spiro atoms. The fourth-order valence-corrected chi connectivity index (χ4v) is 5.22. The van der Waals surface area contributed by atoms with Gasteiger partial charge in [-0.05, 0) is 50.3 Å². The summed E-state index contributed by atoms with van der Waals surface area (Å²) in [6.07, 6.45) is 5.90. The van der Waals surface area contributed by atoms with Gasteiger partial charge in [0.15, 0.2) is 0 Å². The molecule has 0 aromatic heterocycles. The predicted octanol–water partition coefficient (Wildman–Crippen LogP) is 3.01. The summed E-state index contributed by atoms with van der Waals surface area (Å²) in [7, 11) is 3.25. The third-order valence-corrected chi connectivity index (χ3v) is 6.84. The fourth-order valence-electron chi connectivity index (χ4n) is 5.22. The van der Waals surface area contributed by atoms with E-state index in [0.29, 0.717) is 32.2 Å². The quantitative estimate of drug-likeness (QED) is 0.673. The number of imide groups is 1. The average Bonchev–Trinajstić information content (AvgIpc) is 3.50. The zero-order chi connectivity index (χ0) is 22.0. The van der Waals surface area contributed by atoms with Crippen molar-refractivity contribution in [1.29, 1.82) is 0 Å². The zero-order valence-corrected chi connectivity index (χ0v) is 18.3. The number of amides is 4. The molecule has 31 heavy (non-hydrogen) atoms. The summed E-state index contributed by atoms with van der Waals surface area (Å²) in [6.45, 7) is 0.968. The van der Waals surface area contributed by atoms with Crippen LogP contribution in [-0.4, -0.2) is 60.5 Å². The first-order valence-electron chi connectivity index (χ1n) is 11.1. The van der Waals surface area contributed by atoms with Gasteiger partial charge in [-0.3, -0.25) is 14.5 Å². The van der Waals surface area contributed by atoms with Crippen molar-refractivity contribution >= 4 is 17.8 Å². The molecule has 1 N–H and O–H groups in total. The van der Waals surface area contributed by atoms with E-state index >= 15 is 0 Å². The van der Waals surface area contributed by atoms with E-state index in [-0.39, 0.29) is 30.4 Å². The van der Waals surface area contributed by atoms with Gasteiger partial charge in [0.1, 0.15) is 17.0 Å². The molecule has 3 aliphatic rings. The SMILES string of the molecule is COc1ccc(OC)c([C@@H]2CCCN2C(=O)CCCN2C(=O)NC3(CCCC3)C2=O)c1. The van der Waals surface area contributed by atoms with E-state index in [4.69, 9.17) is 9.47 Å². The second kappa shape index (κ2) is 8.77. The number of carbonyl (C=O) groups is 3. The first-order valence-corrected chi connectivity index (χ1v) is 11.1. The third kappa shape index (κ3) is 3.95. The molecule has 2 heterocycles. The second-order valence-corrected chi connectivity index (χ2v) is 8.63. The molecular formula is C23H31N3O5. The van der Waals surface area contributed by atoms with Crippen LogP contribution in [0, 0.1) is 0 Å². The van der Waals surface area contributed by atoms with Crippen LogP contribution in [0.25, 0.3) is 0 Å². The summed E-state index contributed by atoms with van der Waals surface area (Å²) in [5.74, 6) is 1.39. The van der Waals surface area contributed by atoms with Gasteiger partial charge in [0.2, 0.25) is 5.91 Å². The van der Waals surface area contributed by atoms with Crippen LogP contribution >= 0.6 is 0 Å². The smallest absolute Gasteiger partial charge is 0.325 e. The lowest BCUT2D eigenvalue weighted by Gasteiger charge is -2.27. The van der Waals surface area contributed by atoms with Gasteiger partial charge in [0.25, 0.3) is 5.91 Å². The Bertz CT molecular complexity index is 865. The van der Waals surface area contributed by atoms with Crippen LogP contribution in [0.2, 0.25) is 0 Å². The van der Waals surface area contributed by atoms with E-state index in [1.54, 1.807) is 14.2 Å². The van der Waals surface area contributed by atoms with E-state index in [2.05, 4.69) is 5.32 Å². The van der Waals surface area contributed by atoms with Gasteiger partial charge in [-0.2, -0.15) is 0 Å². The number of urea groups is 1. The van der Waals surface area contributed by atoms with Gasteiger partial charge in [-0.25, -0.2) is 4.79 Å². The van der Waals surface area contributed by atoms with Crippen LogP contribution in [0.15, 0.2) is 18.2 Å². The van der Waals surface area contributed by atoms with Gasteiger partial charge in [0.05, 0.1) is 20.3 Å². The number of methoxy groups -OCH3 is 2. The Morgan fingerprint density at radius 3 is 2.65 bits per heavy atom. The Morgan fingerprint density at radius 2 is 1.94 bits per heavy atom. The highest BCUT2D eigenvalue weighted by molar-refractivity contribution is 6.07. The van der Waals surface area contributed by atoms with Crippen LogP contribution in [0.1, 0.15) is 63.0 Å². The van der Waals surface area contributed by atoms with E-state index < -0.39 is 5.54 Å². The molecule has 1 aromatic carbocycles.